The van der Waals surface area contributed by atoms with Crippen LogP contribution in [-0.4, -0.2) is 48.4 Å². The molecule has 0 spiro atoms. The van der Waals surface area contributed by atoms with Crippen LogP contribution in [0.4, 0.5) is 0 Å². The maximum Gasteiger partial charge on any atom is 0.222 e. The van der Waals surface area contributed by atoms with Gasteiger partial charge in [-0.05, 0) is 13.8 Å². The van der Waals surface area contributed by atoms with E-state index in [1.54, 1.807) is 11.2 Å². The lowest BCUT2D eigenvalue weighted by Gasteiger charge is -2.34. The van der Waals surface area contributed by atoms with E-state index in [1.165, 1.54) is 18.6 Å². The highest BCUT2D eigenvalue weighted by Crippen LogP contribution is 2.25. The second kappa shape index (κ2) is 5.29. The second-order valence-electron chi connectivity index (χ2n) is 4.48. The first kappa shape index (κ1) is 13.4. The van der Waals surface area contributed by atoms with Gasteiger partial charge in [0.25, 0.3) is 0 Å². The summed E-state index contributed by atoms with van der Waals surface area (Å²) >= 11 is 0. The quantitative estimate of drug-likeness (QED) is 0.847. The van der Waals surface area contributed by atoms with Gasteiger partial charge in [0.05, 0.1) is 5.69 Å². The Labute approximate surface area is 107 Å². The Morgan fingerprint density at radius 1 is 1.50 bits per heavy atom. The zero-order valence-corrected chi connectivity index (χ0v) is 11.4. The number of nitrogens with one attached hydrogen (secondary N) is 1. The normalized spacial score (nSPS) is 23.8. The molecule has 1 aromatic heterocycles. The van der Waals surface area contributed by atoms with Crippen molar-refractivity contribution in [2.75, 3.05) is 19.6 Å². The molecule has 2 heterocycles. The lowest BCUT2D eigenvalue weighted by Crippen LogP contribution is -2.53. The topological polar surface area (TPSA) is 75.2 Å². The van der Waals surface area contributed by atoms with Gasteiger partial charge < -0.3 is 5.32 Å². The van der Waals surface area contributed by atoms with Crippen LogP contribution in [-0.2, 0) is 10.0 Å². The van der Waals surface area contributed by atoms with Crippen molar-refractivity contribution in [1.29, 1.82) is 0 Å². The lowest BCUT2D eigenvalue weighted by atomic mass is 10.3. The maximum absolute atomic E-state index is 12.5. The monoisotopic (exact) mass is 270 g/mol. The SMILES string of the molecule is C[C@H]1CNCCN1S(=O)(=O)[C@@H](C)c1cnccn1. The number of sulfonamides is 1. The van der Waals surface area contributed by atoms with Gasteiger partial charge in [0.15, 0.2) is 0 Å². The number of piperazine rings is 1. The zero-order valence-electron chi connectivity index (χ0n) is 10.6. The number of hydrogen-bond donors (Lipinski definition) is 1. The van der Waals surface area contributed by atoms with Crippen molar-refractivity contribution in [3.05, 3.63) is 24.3 Å². The summed E-state index contributed by atoms with van der Waals surface area (Å²) in [5.74, 6) is 0. The minimum absolute atomic E-state index is 0.0251. The Bertz CT molecular complexity index is 491. The molecule has 2 rings (SSSR count). The Kier molecular flexibility index (Phi) is 3.94. The average molecular weight is 270 g/mol. The van der Waals surface area contributed by atoms with Crippen LogP contribution in [0.1, 0.15) is 24.8 Å². The smallest absolute Gasteiger partial charge is 0.222 e. The van der Waals surface area contributed by atoms with Gasteiger partial charge in [-0.25, -0.2) is 8.42 Å². The van der Waals surface area contributed by atoms with Gasteiger partial charge in [-0.15, -0.1) is 0 Å². The third-order valence-electron chi connectivity index (χ3n) is 3.21. The van der Waals surface area contributed by atoms with Gasteiger partial charge in [-0.3, -0.25) is 9.97 Å². The van der Waals surface area contributed by atoms with Gasteiger partial charge in [0.1, 0.15) is 5.25 Å². The molecule has 1 aliphatic heterocycles. The first-order chi connectivity index (χ1) is 8.53. The lowest BCUT2D eigenvalue weighted by molar-refractivity contribution is 0.281. The maximum atomic E-state index is 12.5. The molecule has 0 saturated carbocycles. The molecule has 0 aromatic carbocycles. The molecule has 1 aliphatic rings. The summed E-state index contributed by atoms with van der Waals surface area (Å²) in [4.78, 5) is 8.01. The van der Waals surface area contributed by atoms with E-state index in [4.69, 9.17) is 0 Å². The van der Waals surface area contributed by atoms with Crippen molar-refractivity contribution in [2.24, 2.45) is 0 Å². The van der Waals surface area contributed by atoms with Crippen LogP contribution in [0.25, 0.3) is 0 Å². The van der Waals surface area contributed by atoms with Crippen LogP contribution in [0.3, 0.4) is 0 Å². The van der Waals surface area contributed by atoms with Crippen LogP contribution < -0.4 is 5.32 Å². The molecule has 0 amide bonds. The standard InChI is InChI=1S/C11H18N4O2S/c1-9-7-13-5-6-15(9)18(16,17)10(2)11-8-12-3-4-14-11/h3-4,8-10,13H,5-7H2,1-2H3/t9-,10-/m0/s1. The molecule has 0 radical (unpaired) electrons. The molecule has 1 N–H and O–H groups in total. The molecule has 1 saturated heterocycles. The summed E-state index contributed by atoms with van der Waals surface area (Å²) in [5.41, 5.74) is 0.489. The van der Waals surface area contributed by atoms with E-state index in [2.05, 4.69) is 15.3 Å². The predicted molar refractivity (Wildman–Crippen MR) is 68.4 cm³/mol. The van der Waals surface area contributed by atoms with Gasteiger partial charge in [0, 0.05) is 44.3 Å². The van der Waals surface area contributed by atoms with E-state index >= 15 is 0 Å². The molecule has 0 aliphatic carbocycles. The summed E-state index contributed by atoms with van der Waals surface area (Å²) < 4.78 is 26.6. The van der Waals surface area contributed by atoms with Gasteiger partial charge >= 0.3 is 0 Å². The van der Waals surface area contributed by atoms with Crippen molar-refractivity contribution in [3.63, 3.8) is 0 Å². The number of nitrogens with zero attached hydrogens (tertiary/aromatic N) is 3. The fraction of sp³-hybridized carbons (Fsp3) is 0.636. The van der Waals surface area contributed by atoms with E-state index in [0.717, 1.165) is 0 Å². The van der Waals surface area contributed by atoms with Crippen molar-refractivity contribution in [2.45, 2.75) is 25.1 Å². The van der Waals surface area contributed by atoms with Crippen LogP contribution in [0, 0.1) is 0 Å². The summed E-state index contributed by atoms with van der Waals surface area (Å²) in [7, 11) is -3.37. The minimum atomic E-state index is -3.37. The molecular weight excluding hydrogens is 252 g/mol. The number of rotatable bonds is 3. The van der Waals surface area contributed by atoms with Crippen LogP contribution in [0.2, 0.25) is 0 Å². The summed E-state index contributed by atoms with van der Waals surface area (Å²) in [6.45, 7) is 5.46. The van der Waals surface area contributed by atoms with E-state index < -0.39 is 15.3 Å². The molecule has 2 atom stereocenters. The summed E-state index contributed by atoms with van der Waals surface area (Å²) in [6.07, 6.45) is 4.56. The average Bonchev–Trinajstić information content (AvgIpc) is 2.39. The van der Waals surface area contributed by atoms with Crippen molar-refractivity contribution in [1.82, 2.24) is 19.6 Å². The van der Waals surface area contributed by atoms with Crippen molar-refractivity contribution >= 4 is 10.0 Å². The second-order valence-corrected chi connectivity index (χ2v) is 6.69. The van der Waals surface area contributed by atoms with Crippen LogP contribution in [0.5, 0.6) is 0 Å². The highest BCUT2D eigenvalue weighted by molar-refractivity contribution is 7.89. The fourth-order valence-corrected chi connectivity index (χ4v) is 3.83. The van der Waals surface area contributed by atoms with Gasteiger partial charge in [0.2, 0.25) is 10.0 Å². The van der Waals surface area contributed by atoms with E-state index in [1.807, 2.05) is 6.92 Å². The molecule has 100 valence electrons. The highest BCUT2D eigenvalue weighted by Gasteiger charge is 2.35. The minimum Gasteiger partial charge on any atom is -0.314 e. The predicted octanol–water partition coefficient (Wildman–Crippen LogP) is 0.161. The summed E-state index contributed by atoms with van der Waals surface area (Å²) in [6, 6.07) is -0.0251. The molecule has 0 bridgehead atoms. The number of aromatic nitrogens is 2. The molecule has 1 fully saturated rings. The Hall–Kier alpha value is -1.05. The van der Waals surface area contributed by atoms with E-state index in [-0.39, 0.29) is 6.04 Å². The molecule has 0 unspecified atom stereocenters. The van der Waals surface area contributed by atoms with E-state index in [0.29, 0.717) is 25.3 Å². The molecule has 6 nitrogen and oxygen atoms in total. The molecule has 18 heavy (non-hydrogen) atoms. The Balaban J connectivity index is 2.25. The zero-order chi connectivity index (χ0) is 13.2. The highest BCUT2D eigenvalue weighted by atomic mass is 32.2. The Morgan fingerprint density at radius 3 is 2.89 bits per heavy atom. The van der Waals surface area contributed by atoms with Crippen molar-refractivity contribution < 1.29 is 8.42 Å². The molecule has 7 heteroatoms. The molecular formula is C11H18N4O2S. The summed E-state index contributed by atoms with van der Waals surface area (Å²) in [5, 5.41) is 2.52. The third-order valence-corrected chi connectivity index (χ3v) is 5.54. The largest absolute Gasteiger partial charge is 0.314 e. The number of hydrogen-bond acceptors (Lipinski definition) is 5. The Morgan fingerprint density at radius 2 is 2.28 bits per heavy atom. The van der Waals surface area contributed by atoms with Crippen molar-refractivity contribution in [3.8, 4) is 0 Å². The van der Waals surface area contributed by atoms with Crippen LogP contribution in [0.15, 0.2) is 18.6 Å². The van der Waals surface area contributed by atoms with Gasteiger partial charge in [-0.1, -0.05) is 0 Å². The fourth-order valence-electron chi connectivity index (χ4n) is 2.08. The third kappa shape index (κ3) is 2.52. The van der Waals surface area contributed by atoms with Crippen LogP contribution >= 0.6 is 0 Å². The molecule has 1 aromatic rings. The van der Waals surface area contributed by atoms with E-state index in [9.17, 15) is 8.42 Å². The van der Waals surface area contributed by atoms with Gasteiger partial charge in [-0.2, -0.15) is 4.31 Å². The first-order valence-corrected chi connectivity index (χ1v) is 7.51. The first-order valence-electron chi connectivity index (χ1n) is 6.00.